The first-order valence-corrected chi connectivity index (χ1v) is 11.5. The lowest BCUT2D eigenvalue weighted by Crippen LogP contribution is -2.22. The predicted octanol–water partition coefficient (Wildman–Crippen LogP) is 4.94. The Morgan fingerprint density at radius 3 is 2.48 bits per heavy atom. The van der Waals surface area contributed by atoms with E-state index in [2.05, 4.69) is 16.3 Å². The molecule has 0 aliphatic rings. The van der Waals surface area contributed by atoms with Crippen molar-refractivity contribution in [2.45, 2.75) is 18.7 Å². The summed E-state index contributed by atoms with van der Waals surface area (Å²) in [5, 5.41) is 0.923. The second-order valence-electron chi connectivity index (χ2n) is 7.19. The fraction of sp³-hybridized carbons (Fsp3) is 0.160. The molecule has 2 aromatic carbocycles. The molecule has 0 aliphatic carbocycles. The van der Waals surface area contributed by atoms with Crippen LogP contribution in [-0.4, -0.2) is 27.6 Å². The zero-order valence-electron chi connectivity index (χ0n) is 19.0. The van der Waals surface area contributed by atoms with Crippen LogP contribution in [0.5, 0.6) is 11.5 Å². The van der Waals surface area contributed by atoms with Gasteiger partial charge in [0.15, 0.2) is 11.5 Å². The van der Waals surface area contributed by atoms with Gasteiger partial charge in [-0.3, -0.25) is 9.71 Å². The second kappa shape index (κ2) is 10.2. The Morgan fingerprint density at radius 2 is 1.76 bits per heavy atom. The summed E-state index contributed by atoms with van der Waals surface area (Å²) in [5.74, 6) is 1.40. The summed E-state index contributed by atoms with van der Waals surface area (Å²) in [5.41, 5.74) is 1.83. The van der Waals surface area contributed by atoms with Gasteiger partial charge in [0.25, 0.3) is 10.0 Å². The van der Waals surface area contributed by atoms with Gasteiger partial charge in [-0.05, 0) is 49.8 Å². The van der Waals surface area contributed by atoms with Crippen molar-refractivity contribution in [2.75, 3.05) is 14.2 Å². The smallest absolute Gasteiger partial charge is 0.265 e. The van der Waals surface area contributed by atoms with Crippen LogP contribution in [0, 0.1) is 0 Å². The predicted molar refractivity (Wildman–Crippen MR) is 128 cm³/mol. The average Bonchev–Trinajstić information content (AvgIpc) is 2.81. The van der Waals surface area contributed by atoms with Gasteiger partial charge in [-0.2, -0.15) is 0 Å². The lowest BCUT2D eigenvalue weighted by atomic mass is 10.2. The normalized spacial score (nSPS) is 12.7. The Kier molecular flexibility index (Phi) is 7.40. The number of benzene rings is 2. The fourth-order valence-corrected chi connectivity index (χ4v) is 4.47. The second-order valence-corrected chi connectivity index (χ2v) is 8.84. The quantitative estimate of drug-likeness (QED) is 0.355. The third kappa shape index (κ3) is 5.72. The standard InChI is InChI=1S/C25H26N2O5S/c1-17(14-18(2)27-33(28,29)24-13-9-8-12-23(24)31-5)25(19(3)30-4)32-21-15-20-10-6-7-11-22(20)26-16-21/h6-16,27H,3H2,1-2,4-5H3/b18-14+,25-17+. The average molecular weight is 467 g/mol. The van der Waals surface area contributed by atoms with Crippen LogP contribution in [0.15, 0.2) is 101 Å². The summed E-state index contributed by atoms with van der Waals surface area (Å²) in [6, 6.07) is 15.9. The van der Waals surface area contributed by atoms with E-state index in [9.17, 15) is 8.42 Å². The molecule has 172 valence electrons. The van der Waals surface area contributed by atoms with Gasteiger partial charge >= 0.3 is 0 Å². The highest BCUT2D eigenvalue weighted by molar-refractivity contribution is 7.89. The molecule has 0 radical (unpaired) electrons. The van der Waals surface area contributed by atoms with Crippen molar-refractivity contribution in [1.29, 1.82) is 0 Å². The fourth-order valence-electron chi connectivity index (χ4n) is 3.20. The van der Waals surface area contributed by atoms with Crippen LogP contribution < -0.4 is 14.2 Å². The molecule has 0 bridgehead atoms. The van der Waals surface area contributed by atoms with Gasteiger partial charge in [0.1, 0.15) is 16.4 Å². The minimum atomic E-state index is -3.85. The molecule has 1 heterocycles. The molecule has 0 atom stereocenters. The van der Waals surface area contributed by atoms with Gasteiger partial charge in [0.2, 0.25) is 0 Å². The summed E-state index contributed by atoms with van der Waals surface area (Å²) in [6.45, 7) is 7.31. The van der Waals surface area contributed by atoms with Gasteiger partial charge in [-0.15, -0.1) is 0 Å². The number of allylic oxidation sites excluding steroid dienone is 3. The third-order valence-corrected chi connectivity index (χ3v) is 6.24. The zero-order valence-corrected chi connectivity index (χ0v) is 19.8. The number of hydrogen-bond acceptors (Lipinski definition) is 6. The largest absolute Gasteiger partial charge is 0.495 e. The lowest BCUT2D eigenvalue weighted by molar-refractivity contribution is 0.262. The Hall–Kier alpha value is -3.78. The number of fused-ring (bicyclic) bond motifs is 1. The van der Waals surface area contributed by atoms with Crippen molar-refractivity contribution < 1.29 is 22.6 Å². The molecule has 3 rings (SSSR count). The molecule has 0 amide bonds. The van der Waals surface area contributed by atoms with Crippen molar-refractivity contribution in [3.63, 3.8) is 0 Å². The van der Waals surface area contributed by atoms with Crippen molar-refractivity contribution in [2.24, 2.45) is 0 Å². The van der Waals surface area contributed by atoms with Crippen molar-refractivity contribution in [3.05, 3.63) is 96.2 Å². The van der Waals surface area contributed by atoms with E-state index in [0.29, 0.717) is 22.8 Å². The highest BCUT2D eigenvalue weighted by Gasteiger charge is 2.19. The van der Waals surface area contributed by atoms with Crippen LogP contribution >= 0.6 is 0 Å². The van der Waals surface area contributed by atoms with E-state index in [1.165, 1.54) is 20.3 Å². The number of ether oxygens (including phenoxy) is 3. The first-order chi connectivity index (χ1) is 15.7. The third-order valence-electron chi connectivity index (χ3n) is 4.73. The molecule has 0 aliphatic heterocycles. The van der Waals surface area contributed by atoms with E-state index in [1.54, 1.807) is 44.3 Å². The number of nitrogens with zero attached hydrogens (tertiary/aromatic N) is 1. The van der Waals surface area contributed by atoms with E-state index in [0.717, 1.165) is 10.9 Å². The van der Waals surface area contributed by atoms with Crippen LogP contribution in [0.1, 0.15) is 13.8 Å². The molecule has 1 N–H and O–H groups in total. The van der Waals surface area contributed by atoms with E-state index in [1.807, 2.05) is 30.3 Å². The summed E-state index contributed by atoms with van der Waals surface area (Å²) >= 11 is 0. The first kappa shape index (κ1) is 23.9. The van der Waals surface area contributed by atoms with E-state index in [-0.39, 0.29) is 16.4 Å². The molecular weight excluding hydrogens is 440 g/mol. The summed E-state index contributed by atoms with van der Waals surface area (Å²) in [4.78, 5) is 4.44. The lowest BCUT2D eigenvalue weighted by Gasteiger charge is -2.15. The zero-order chi connectivity index (χ0) is 24.0. The first-order valence-electron chi connectivity index (χ1n) is 10.1. The number of para-hydroxylation sites is 2. The molecule has 0 unspecified atom stereocenters. The minimum absolute atomic E-state index is 0.0434. The van der Waals surface area contributed by atoms with Crippen LogP contribution in [0.2, 0.25) is 0 Å². The number of hydrogen-bond donors (Lipinski definition) is 1. The van der Waals surface area contributed by atoms with E-state index in [4.69, 9.17) is 14.2 Å². The maximum absolute atomic E-state index is 12.8. The Balaban J connectivity index is 1.91. The molecule has 0 saturated heterocycles. The van der Waals surface area contributed by atoms with Crippen molar-refractivity contribution in [1.82, 2.24) is 9.71 Å². The van der Waals surface area contributed by atoms with Crippen LogP contribution in [0.3, 0.4) is 0 Å². The Morgan fingerprint density at radius 1 is 1.06 bits per heavy atom. The van der Waals surface area contributed by atoms with E-state index >= 15 is 0 Å². The Labute approximate surface area is 194 Å². The molecular formula is C25H26N2O5S. The molecule has 0 saturated carbocycles. The van der Waals surface area contributed by atoms with Crippen LogP contribution in [0.4, 0.5) is 0 Å². The number of sulfonamides is 1. The molecule has 7 nitrogen and oxygen atoms in total. The molecule has 0 fully saturated rings. The van der Waals surface area contributed by atoms with Gasteiger partial charge in [-0.1, -0.05) is 36.9 Å². The highest BCUT2D eigenvalue weighted by atomic mass is 32.2. The molecule has 33 heavy (non-hydrogen) atoms. The molecule has 8 heteroatoms. The maximum atomic E-state index is 12.8. The van der Waals surface area contributed by atoms with Crippen LogP contribution in [0.25, 0.3) is 10.9 Å². The highest BCUT2D eigenvalue weighted by Crippen LogP contribution is 2.26. The summed E-state index contributed by atoms with van der Waals surface area (Å²) in [6.07, 6.45) is 3.25. The van der Waals surface area contributed by atoms with Gasteiger partial charge < -0.3 is 14.2 Å². The van der Waals surface area contributed by atoms with Crippen molar-refractivity contribution in [3.8, 4) is 11.5 Å². The summed E-state index contributed by atoms with van der Waals surface area (Å²) in [7, 11) is -0.946. The molecule has 1 aromatic heterocycles. The summed E-state index contributed by atoms with van der Waals surface area (Å²) < 4.78 is 44.8. The number of nitrogens with one attached hydrogen (secondary N) is 1. The number of aromatic nitrogens is 1. The number of pyridine rings is 1. The Bertz CT molecular complexity index is 1340. The van der Waals surface area contributed by atoms with Gasteiger partial charge in [0, 0.05) is 11.1 Å². The van der Waals surface area contributed by atoms with Gasteiger partial charge in [0.05, 0.1) is 25.9 Å². The van der Waals surface area contributed by atoms with Gasteiger partial charge in [-0.25, -0.2) is 8.42 Å². The maximum Gasteiger partial charge on any atom is 0.265 e. The molecule has 0 spiro atoms. The minimum Gasteiger partial charge on any atom is -0.495 e. The van der Waals surface area contributed by atoms with E-state index < -0.39 is 10.0 Å². The topological polar surface area (TPSA) is 86.8 Å². The SMILES string of the molecule is C=C(OC)/C(Oc1cnc2ccccc2c1)=C(C)\C=C(/C)NS(=O)(=O)c1ccccc1OC. The van der Waals surface area contributed by atoms with Crippen molar-refractivity contribution >= 4 is 20.9 Å². The monoisotopic (exact) mass is 466 g/mol. The number of rotatable bonds is 9. The molecule has 3 aromatic rings. The van der Waals surface area contributed by atoms with Crippen LogP contribution in [-0.2, 0) is 14.8 Å². The number of methoxy groups -OCH3 is 2.